The normalized spacial score (nSPS) is 19.0. The average molecular weight is 732 g/mol. The van der Waals surface area contributed by atoms with Crippen LogP contribution in [0, 0.1) is 0 Å². The Kier molecular flexibility index (Phi) is 10.7. The molecular weight excluding hydrogens is 691 g/mol. The van der Waals surface area contributed by atoms with Crippen LogP contribution in [0.1, 0.15) is 49.9 Å². The number of benzene rings is 1. The number of carbonyl (C=O) groups is 1. The SMILES string of the molecule is COc1nc(-c2cccc(-c3ccnc(-c4cc(OC)c5nc(CN[C@H]6CC[C@@H](O)CC6)nn5c4)c3Cl)c2Cl)ccc1CNC[C@H]1CCC(=O)N1. The molecule has 1 amide bonds. The molecule has 0 spiro atoms. The van der Waals surface area contributed by atoms with E-state index in [2.05, 4.69) is 20.9 Å². The number of hydrogen-bond donors (Lipinski definition) is 4. The zero-order valence-electron chi connectivity index (χ0n) is 28.5. The molecule has 1 atom stereocenters. The second kappa shape index (κ2) is 15.5. The maximum atomic E-state index is 11.5. The smallest absolute Gasteiger partial charge is 0.220 e. The number of hydrogen-bond acceptors (Lipinski definition) is 10. The fraction of sp³-hybridized carbons (Fsp3) is 0.378. The molecular formula is C37H40Cl2N8O4. The summed E-state index contributed by atoms with van der Waals surface area (Å²) < 4.78 is 13.1. The van der Waals surface area contributed by atoms with E-state index in [1.165, 1.54) is 0 Å². The van der Waals surface area contributed by atoms with Gasteiger partial charge in [0.15, 0.2) is 17.2 Å². The minimum atomic E-state index is -0.204. The number of methoxy groups -OCH3 is 2. The maximum Gasteiger partial charge on any atom is 0.220 e. The summed E-state index contributed by atoms with van der Waals surface area (Å²) in [6.45, 7) is 1.72. The molecule has 2 aliphatic rings. The number of carbonyl (C=O) groups excluding carboxylic acids is 1. The molecule has 1 saturated heterocycles. The van der Waals surface area contributed by atoms with Crippen molar-refractivity contribution in [1.82, 2.24) is 40.5 Å². The van der Waals surface area contributed by atoms with Gasteiger partial charge in [-0.2, -0.15) is 0 Å². The molecule has 51 heavy (non-hydrogen) atoms. The van der Waals surface area contributed by atoms with E-state index in [1.807, 2.05) is 48.7 Å². The van der Waals surface area contributed by atoms with Crippen LogP contribution < -0.4 is 25.4 Å². The summed E-state index contributed by atoms with van der Waals surface area (Å²) >= 11 is 14.2. The van der Waals surface area contributed by atoms with Crippen molar-refractivity contribution in [3.8, 4) is 45.3 Å². The molecule has 4 N–H and O–H groups in total. The van der Waals surface area contributed by atoms with Crippen LogP contribution in [0.2, 0.25) is 10.0 Å². The van der Waals surface area contributed by atoms with E-state index in [-0.39, 0.29) is 18.1 Å². The van der Waals surface area contributed by atoms with E-state index < -0.39 is 0 Å². The minimum Gasteiger partial charge on any atom is -0.493 e. The number of aliphatic hydroxyl groups excluding tert-OH is 1. The molecule has 4 aromatic heterocycles. The van der Waals surface area contributed by atoms with Crippen molar-refractivity contribution in [3.63, 3.8) is 0 Å². The fourth-order valence-corrected chi connectivity index (χ4v) is 7.45. The van der Waals surface area contributed by atoms with Crippen molar-refractivity contribution in [1.29, 1.82) is 0 Å². The van der Waals surface area contributed by atoms with Gasteiger partial charge in [0.2, 0.25) is 11.8 Å². The third-order valence-electron chi connectivity index (χ3n) is 9.56. The molecule has 1 aliphatic carbocycles. The summed E-state index contributed by atoms with van der Waals surface area (Å²) in [5.74, 6) is 1.77. The van der Waals surface area contributed by atoms with Gasteiger partial charge in [-0.15, -0.1) is 5.10 Å². The lowest BCUT2D eigenvalue weighted by Crippen LogP contribution is -2.35. The quantitative estimate of drug-likeness (QED) is 0.128. The predicted octanol–water partition coefficient (Wildman–Crippen LogP) is 5.61. The number of halogens is 2. The number of ether oxygens (including phenoxy) is 2. The lowest BCUT2D eigenvalue weighted by atomic mass is 9.93. The maximum absolute atomic E-state index is 11.5. The highest BCUT2D eigenvalue weighted by atomic mass is 35.5. The van der Waals surface area contributed by atoms with Crippen LogP contribution in [0.5, 0.6) is 11.6 Å². The Morgan fingerprint density at radius 2 is 1.76 bits per heavy atom. The summed E-state index contributed by atoms with van der Waals surface area (Å²) in [5.41, 5.74) is 5.55. The molecule has 5 heterocycles. The summed E-state index contributed by atoms with van der Waals surface area (Å²) in [7, 11) is 3.19. The zero-order valence-corrected chi connectivity index (χ0v) is 30.0. The minimum absolute atomic E-state index is 0.0954. The first-order valence-electron chi connectivity index (χ1n) is 17.1. The van der Waals surface area contributed by atoms with Gasteiger partial charge >= 0.3 is 0 Å². The van der Waals surface area contributed by atoms with Crippen molar-refractivity contribution >= 4 is 34.8 Å². The van der Waals surface area contributed by atoms with Crippen molar-refractivity contribution in [2.75, 3.05) is 20.8 Å². The molecule has 1 aliphatic heterocycles. The Labute approximate surface area is 305 Å². The third-order valence-corrected chi connectivity index (χ3v) is 10.3. The number of nitrogens with zero attached hydrogens (tertiary/aromatic N) is 5. The first kappa shape index (κ1) is 35.1. The third kappa shape index (κ3) is 7.65. The van der Waals surface area contributed by atoms with Crippen molar-refractivity contribution < 1.29 is 19.4 Å². The predicted molar refractivity (Wildman–Crippen MR) is 196 cm³/mol. The largest absolute Gasteiger partial charge is 0.493 e. The number of pyridine rings is 3. The Hall–Kier alpha value is -4.33. The molecule has 7 rings (SSSR count). The Balaban J connectivity index is 1.13. The fourth-order valence-electron chi connectivity index (χ4n) is 6.80. The summed E-state index contributed by atoms with van der Waals surface area (Å²) in [5, 5.41) is 25.4. The Morgan fingerprint density at radius 1 is 0.961 bits per heavy atom. The summed E-state index contributed by atoms with van der Waals surface area (Å²) in [6.07, 6.45) is 8.20. The summed E-state index contributed by atoms with van der Waals surface area (Å²) in [6, 6.07) is 13.8. The molecule has 266 valence electrons. The molecule has 12 nitrogen and oxygen atoms in total. The van der Waals surface area contributed by atoms with E-state index in [9.17, 15) is 9.90 Å². The molecule has 5 aromatic rings. The van der Waals surface area contributed by atoms with Gasteiger partial charge < -0.3 is 30.5 Å². The van der Waals surface area contributed by atoms with Crippen molar-refractivity contribution in [2.45, 2.75) is 69.8 Å². The van der Waals surface area contributed by atoms with E-state index in [0.717, 1.165) is 48.8 Å². The van der Waals surface area contributed by atoms with Gasteiger partial charge in [0, 0.05) is 71.8 Å². The summed E-state index contributed by atoms with van der Waals surface area (Å²) in [4.78, 5) is 25.7. The van der Waals surface area contributed by atoms with Gasteiger partial charge in [0.1, 0.15) is 0 Å². The van der Waals surface area contributed by atoms with Crippen LogP contribution in [0.25, 0.3) is 39.3 Å². The number of aromatic nitrogens is 5. The van der Waals surface area contributed by atoms with Gasteiger partial charge in [-0.3, -0.25) is 9.78 Å². The zero-order chi connectivity index (χ0) is 35.5. The van der Waals surface area contributed by atoms with Crippen LogP contribution in [0.15, 0.2) is 54.9 Å². The number of nitrogens with one attached hydrogen (secondary N) is 3. The standard InChI is InChI=1S/C37H40Cl2N8O4/c1-50-30-16-22(20-47-36(30)45-31(46-47)19-42-23-7-10-25(48)11-8-23)35-34(39)27(14-15-41-35)26-4-3-5-28(33(26)38)29-12-6-21(37(44-29)51-2)17-40-18-24-9-13-32(49)43-24/h3-6,12,14-16,20,23-25,40,42,48H,7-11,13,17-19H2,1-2H3,(H,43,49)/t23-,24-,25+/m1/s1. The van der Waals surface area contributed by atoms with E-state index in [4.69, 9.17) is 47.7 Å². The van der Waals surface area contributed by atoms with Crippen LogP contribution in [-0.2, 0) is 17.9 Å². The van der Waals surface area contributed by atoms with Crippen molar-refractivity contribution in [2.24, 2.45) is 0 Å². The number of aliphatic hydroxyl groups is 1. The van der Waals surface area contributed by atoms with Gasteiger partial charge in [0.05, 0.1) is 48.3 Å². The van der Waals surface area contributed by atoms with Gasteiger partial charge in [-0.25, -0.2) is 14.5 Å². The monoisotopic (exact) mass is 730 g/mol. The van der Waals surface area contributed by atoms with Crippen LogP contribution in [0.3, 0.4) is 0 Å². The van der Waals surface area contributed by atoms with Crippen LogP contribution >= 0.6 is 23.2 Å². The van der Waals surface area contributed by atoms with Crippen molar-refractivity contribution in [3.05, 3.63) is 76.3 Å². The van der Waals surface area contributed by atoms with E-state index in [1.54, 1.807) is 24.9 Å². The van der Waals surface area contributed by atoms with Gasteiger partial charge in [-0.05, 0) is 50.3 Å². The molecule has 14 heteroatoms. The second-order valence-corrected chi connectivity index (χ2v) is 13.7. The topological polar surface area (TPSA) is 148 Å². The Morgan fingerprint density at radius 3 is 2.53 bits per heavy atom. The highest BCUT2D eigenvalue weighted by molar-refractivity contribution is 6.39. The molecule has 0 radical (unpaired) electrons. The first-order chi connectivity index (χ1) is 24.8. The van der Waals surface area contributed by atoms with E-state index >= 15 is 0 Å². The number of amides is 1. The highest BCUT2D eigenvalue weighted by Gasteiger charge is 2.23. The second-order valence-electron chi connectivity index (χ2n) is 13.0. The van der Waals surface area contributed by atoms with Crippen LogP contribution in [-0.4, -0.2) is 74.5 Å². The number of fused-ring (bicyclic) bond motifs is 1. The first-order valence-corrected chi connectivity index (χ1v) is 17.9. The van der Waals surface area contributed by atoms with Gasteiger partial charge in [-0.1, -0.05) is 47.5 Å². The molecule has 1 saturated carbocycles. The number of rotatable bonds is 12. The lowest BCUT2D eigenvalue weighted by molar-refractivity contribution is -0.119. The lowest BCUT2D eigenvalue weighted by Gasteiger charge is -2.25. The average Bonchev–Trinajstić information content (AvgIpc) is 3.76. The highest BCUT2D eigenvalue weighted by Crippen LogP contribution is 2.42. The van der Waals surface area contributed by atoms with E-state index in [0.29, 0.717) is 87.8 Å². The molecule has 1 aromatic carbocycles. The van der Waals surface area contributed by atoms with Crippen LogP contribution in [0.4, 0.5) is 0 Å². The Bertz CT molecular complexity index is 2050. The molecule has 0 bridgehead atoms. The molecule has 2 fully saturated rings. The van der Waals surface area contributed by atoms with Gasteiger partial charge in [0.25, 0.3) is 0 Å². The molecule has 0 unspecified atom stereocenters.